The van der Waals surface area contributed by atoms with Crippen molar-refractivity contribution in [2.75, 3.05) is 0 Å². The quantitative estimate of drug-likeness (QED) is 0.721. The number of hydrogen-bond donors (Lipinski definition) is 2. The maximum absolute atomic E-state index is 9.23. The topological polar surface area (TPSA) is 58.1 Å². The lowest BCUT2D eigenvalue weighted by Gasteiger charge is -2.14. The average Bonchev–Trinajstić information content (AvgIpc) is 2.87. The van der Waals surface area contributed by atoms with Crippen molar-refractivity contribution in [2.45, 2.75) is 39.5 Å². The smallest absolute Gasteiger partial charge is 0.531 e. The van der Waals surface area contributed by atoms with E-state index in [0.717, 1.165) is 16.6 Å². The molecule has 0 aromatic carbocycles. The summed E-state index contributed by atoms with van der Waals surface area (Å²) in [5.41, 5.74) is 1.79. The molecule has 1 aliphatic heterocycles. The van der Waals surface area contributed by atoms with E-state index in [9.17, 15) is 5.02 Å². The van der Waals surface area contributed by atoms with E-state index in [-0.39, 0.29) is 0 Å². The second-order valence-electron chi connectivity index (χ2n) is 4.56. The molecule has 20 heavy (non-hydrogen) atoms. The molecule has 4 rings (SSSR count). The Morgan fingerprint density at radius 1 is 1.25 bits per heavy atom. The number of aromatic nitrogens is 2. The van der Waals surface area contributed by atoms with Crippen LogP contribution in [0.25, 0.3) is 17.1 Å². The van der Waals surface area contributed by atoms with Gasteiger partial charge >= 0.3 is 7.12 Å². The Balaban J connectivity index is 0.000000208. The van der Waals surface area contributed by atoms with Crippen molar-refractivity contribution in [3.63, 3.8) is 0 Å². The SMILES string of the molecule is C1CCC1.CC.OB1C=Cc2c(cnc3[nH]ccc23)O1. The highest BCUT2D eigenvalue weighted by atomic mass is 16.5. The molecule has 0 spiro atoms. The number of fused-ring (bicyclic) bond motifs is 3. The first-order chi connectivity index (χ1) is 9.84. The largest absolute Gasteiger partial charge is 0.552 e. The van der Waals surface area contributed by atoms with Crippen molar-refractivity contribution in [3.8, 4) is 5.75 Å². The van der Waals surface area contributed by atoms with Gasteiger partial charge in [0.1, 0.15) is 11.4 Å². The predicted octanol–water partition coefficient (Wildman–Crippen LogP) is 3.57. The number of nitrogens with one attached hydrogen (secondary N) is 1. The minimum atomic E-state index is -0.860. The molecule has 0 saturated heterocycles. The van der Waals surface area contributed by atoms with Crippen LogP contribution in [-0.4, -0.2) is 22.1 Å². The Morgan fingerprint density at radius 3 is 2.60 bits per heavy atom. The second kappa shape index (κ2) is 7.15. The Hall–Kier alpha value is -1.75. The van der Waals surface area contributed by atoms with Gasteiger partial charge in [-0.25, -0.2) is 4.98 Å². The molecule has 0 amide bonds. The standard InChI is InChI=1S/C9H7BN2O2.C4H8.C2H6/c13-10-3-1-6-7-2-4-11-9(7)12-5-8(6)14-10;1-2-4-3-1;1-2/h1-5,13H,(H,11,12);1-4H2;1-2H3. The molecule has 2 N–H and O–H groups in total. The molecule has 2 aromatic rings. The fraction of sp³-hybridized carbons (Fsp3) is 0.400. The lowest BCUT2D eigenvalue weighted by atomic mass is 9.86. The van der Waals surface area contributed by atoms with Crippen molar-refractivity contribution in [3.05, 3.63) is 30.0 Å². The maximum atomic E-state index is 9.23. The highest BCUT2D eigenvalue weighted by molar-refractivity contribution is 6.51. The van der Waals surface area contributed by atoms with Gasteiger partial charge < -0.3 is 14.7 Å². The highest BCUT2D eigenvalue weighted by Gasteiger charge is 2.19. The van der Waals surface area contributed by atoms with E-state index < -0.39 is 7.12 Å². The number of aromatic amines is 1. The Kier molecular flexibility index (Phi) is 5.24. The maximum Gasteiger partial charge on any atom is 0.552 e. The number of rotatable bonds is 0. The van der Waals surface area contributed by atoms with Gasteiger partial charge in [0, 0.05) is 17.1 Å². The molecule has 0 atom stereocenters. The molecule has 1 saturated carbocycles. The van der Waals surface area contributed by atoms with Gasteiger partial charge in [-0.1, -0.05) is 45.6 Å². The molecule has 106 valence electrons. The third kappa shape index (κ3) is 3.22. The summed E-state index contributed by atoms with van der Waals surface area (Å²) in [7, 11) is -0.860. The van der Waals surface area contributed by atoms with E-state index in [2.05, 4.69) is 9.97 Å². The Bertz CT molecular complexity index is 572. The van der Waals surface area contributed by atoms with Crippen LogP contribution in [0.1, 0.15) is 45.1 Å². The zero-order valence-electron chi connectivity index (χ0n) is 12.1. The molecule has 4 nitrogen and oxygen atoms in total. The van der Waals surface area contributed by atoms with Gasteiger partial charge in [0.15, 0.2) is 0 Å². The van der Waals surface area contributed by atoms with E-state index in [1.807, 2.05) is 32.2 Å². The minimum absolute atomic E-state index is 0.618. The molecule has 5 heteroatoms. The van der Waals surface area contributed by atoms with E-state index in [1.165, 1.54) is 25.7 Å². The van der Waals surface area contributed by atoms with Crippen LogP contribution in [0.4, 0.5) is 0 Å². The van der Waals surface area contributed by atoms with Crippen molar-refractivity contribution < 1.29 is 9.68 Å². The third-order valence-corrected chi connectivity index (χ3v) is 3.27. The van der Waals surface area contributed by atoms with Crippen LogP contribution in [-0.2, 0) is 0 Å². The summed E-state index contributed by atoms with van der Waals surface area (Å²) in [6.07, 6.45) is 11.3. The Morgan fingerprint density at radius 2 is 1.95 bits per heavy atom. The fourth-order valence-electron chi connectivity index (χ4n) is 1.87. The van der Waals surface area contributed by atoms with Gasteiger partial charge in [-0.3, -0.25) is 0 Å². The predicted molar refractivity (Wildman–Crippen MR) is 83.5 cm³/mol. The Labute approximate surface area is 120 Å². The molecule has 3 heterocycles. The number of H-pyrrole nitrogens is 1. The van der Waals surface area contributed by atoms with Crippen LogP contribution < -0.4 is 4.65 Å². The van der Waals surface area contributed by atoms with Crippen molar-refractivity contribution in [2.24, 2.45) is 0 Å². The average molecular weight is 272 g/mol. The van der Waals surface area contributed by atoms with Crippen LogP contribution in [0.5, 0.6) is 5.75 Å². The number of hydrogen-bond acceptors (Lipinski definition) is 3. The molecule has 2 aliphatic rings. The van der Waals surface area contributed by atoms with Gasteiger partial charge in [0.05, 0.1) is 6.20 Å². The summed E-state index contributed by atoms with van der Waals surface area (Å²) < 4.78 is 5.20. The number of nitrogens with zero attached hydrogens (tertiary/aromatic N) is 1. The summed E-state index contributed by atoms with van der Waals surface area (Å²) in [5, 5.41) is 10.2. The van der Waals surface area contributed by atoms with E-state index in [4.69, 9.17) is 4.65 Å². The first kappa shape index (κ1) is 14.7. The van der Waals surface area contributed by atoms with Gasteiger partial charge in [-0.15, -0.1) is 0 Å². The van der Waals surface area contributed by atoms with Gasteiger partial charge in [0.25, 0.3) is 0 Å². The van der Waals surface area contributed by atoms with E-state index >= 15 is 0 Å². The monoisotopic (exact) mass is 272 g/mol. The van der Waals surface area contributed by atoms with Crippen molar-refractivity contribution in [1.82, 2.24) is 9.97 Å². The first-order valence-corrected chi connectivity index (χ1v) is 7.33. The summed E-state index contributed by atoms with van der Waals surface area (Å²) in [4.78, 5) is 7.18. The summed E-state index contributed by atoms with van der Waals surface area (Å²) in [5.74, 6) is 2.22. The van der Waals surface area contributed by atoms with Crippen molar-refractivity contribution in [1.29, 1.82) is 0 Å². The normalized spacial score (nSPS) is 15.1. The molecular formula is C15H21BN2O2. The first-order valence-electron chi connectivity index (χ1n) is 7.33. The molecule has 0 radical (unpaired) electrons. The fourth-order valence-corrected chi connectivity index (χ4v) is 1.87. The van der Waals surface area contributed by atoms with Crippen LogP contribution in [0.2, 0.25) is 0 Å². The lowest BCUT2D eigenvalue weighted by molar-refractivity contribution is 0.428. The van der Waals surface area contributed by atoms with Crippen LogP contribution in [0.15, 0.2) is 24.4 Å². The molecule has 0 bridgehead atoms. The number of pyridine rings is 1. The van der Waals surface area contributed by atoms with Gasteiger partial charge in [-0.2, -0.15) is 0 Å². The third-order valence-electron chi connectivity index (χ3n) is 3.27. The van der Waals surface area contributed by atoms with Gasteiger partial charge in [-0.05, 0) is 12.0 Å². The molecular weight excluding hydrogens is 251 g/mol. The lowest BCUT2D eigenvalue weighted by Crippen LogP contribution is -2.21. The molecule has 0 unspecified atom stereocenters. The zero-order valence-corrected chi connectivity index (χ0v) is 12.1. The van der Waals surface area contributed by atoms with Crippen LogP contribution in [0.3, 0.4) is 0 Å². The second-order valence-corrected chi connectivity index (χ2v) is 4.56. The summed E-state index contributed by atoms with van der Waals surface area (Å²) in [6.45, 7) is 4.00. The van der Waals surface area contributed by atoms with Gasteiger partial charge in [0.2, 0.25) is 0 Å². The van der Waals surface area contributed by atoms with Crippen LogP contribution >= 0.6 is 0 Å². The van der Waals surface area contributed by atoms with E-state index in [1.54, 1.807) is 12.2 Å². The van der Waals surface area contributed by atoms with Crippen LogP contribution in [0, 0.1) is 0 Å². The molecule has 2 aromatic heterocycles. The van der Waals surface area contributed by atoms with Crippen molar-refractivity contribution >= 4 is 24.2 Å². The highest BCUT2D eigenvalue weighted by Crippen LogP contribution is 2.29. The summed E-state index contributed by atoms with van der Waals surface area (Å²) >= 11 is 0. The summed E-state index contributed by atoms with van der Waals surface area (Å²) in [6, 6.07) is 1.94. The molecule has 1 aliphatic carbocycles. The molecule has 1 fully saturated rings. The van der Waals surface area contributed by atoms with E-state index in [0.29, 0.717) is 5.75 Å². The minimum Gasteiger partial charge on any atom is -0.531 e. The zero-order chi connectivity index (χ0) is 14.4.